The molecule has 5 heterocycles. The fourth-order valence-electron chi connectivity index (χ4n) is 9.02. The molecule has 2 unspecified atom stereocenters. The number of aldehydes is 1. The van der Waals surface area contributed by atoms with Crippen LogP contribution in [0.1, 0.15) is 113 Å². The Morgan fingerprint density at radius 1 is 1.04 bits per heavy atom. The number of benzene rings is 3. The first kappa shape index (κ1) is 37.5. The van der Waals surface area contributed by atoms with Gasteiger partial charge in [-0.05, 0) is 101 Å². The predicted octanol–water partition coefficient (Wildman–Crippen LogP) is 9.14. The zero-order valence-electron chi connectivity index (χ0n) is 33.5. The third kappa shape index (κ3) is 6.89. The highest BCUT2D eigenvalue weighted by Gasteiger charge is 2.48. The molecule has 9 rings (SSSR count). The molecule has 5 aromatic rings. The van der Waals surface area contributed by atoms with Crippen LogP contribution in [0, 0.1) is 12.7 Å². The molecule has 3 aromatic carbocycles. The quantitative estimate of drug-likeness (QED) is 0.128. The topological polar surface area (TPSA) is 112 Å². The van der Waals surface area contributed by atoms with E-state index in [-0.39, 0.29) is 42.7 Å². The van der Waals surface area contributed by atoms with Crippen LogP contribution >= 0.6 is 0 Å². The number of rotatable bonds is 10. The monoisotopic (exact) mass is 774 g/mol. The molecule has 0 N–H and O–H groups in total. The highest BCUT2D eigenvalue weighted by atomic mass is 19.1. The average Bonchev–Trinajstić information content (AvgIpc) is 3.64. The minimum atomic E-state index is -0.596. The lowest BCUT2D eigenvalue weighted by Crippen LogP contribution is -2.50. The van der Waals surface area contributed by atoms with Crippen LogP contribution in [0.5, 0.6) is 5.75 Å². The summed E-state index contributed by atoms with van der Waals surface area (Å²) in [6.45, 7) is 11.4. The van der Waals surface area contributed by atoms with Gasteiger partial charge in [0.15, 0.2) is 12.0 Å². The van der Waals surface area contributed by atoms with Gasteiger partial charge in [-0.3, -0.25) is 0 Å². The van der Waals surface area contributed by atoms with Gasteiger partial charge in [-0.25, -0.2) is 23.8 Å². The van der Waals surface area contributed by atoms with E-state index >= 15 is 4.39 Å². The van der Waals surface area contributed by atoms with Crippen LogP contribution in [0.4, 0.5) is 15.0 Å². The highest BCUT2D eigenvalue weighted by molar-refractivity contribution is 6.06. The molecule has 0 radical (unpaired) electrons. The zero-order chi connectivity index (χ0) is 39.6. The molecular weight excluding hydrogens is 724 g/mol. The van der Waals surface area contributed by atoms with Gasteiger partial charge in [-0.15, -0.1) is 0 Å². The molecule has 4 fully saturated rings. The van der Waals surface area contributed by atoms with Gasteiger partial charge in [0.05, 0.1) is 29.7 Å². The molecule has 57 heavy (non-hydrogen) atoms. The van der Waals surface area contributed by atoms with Gasteiger partial charge in [-0.2, -0.15) is 5.10 Å². The summed E-state index contributed by atoms with van der Waals surface area (Å²) in [4.78, 5) is 40.4. The Bertz CT molecular complexity index is 2350. The summed E-state index contributed by atoms with van der Waals surface area (Å²) in [5.74, 6) is 1.04. The number of nitrogens with zero attached hydrogens (tertiary/aromatic N) is 6. The van der Waals surface area contributed by atoms with Gasteiger partial charge >= 0.3 is 6.09 Å². The second kappa shape index (κ2) is 14.7. The molecule has 2 bridgehead atoms. The second-order valence-corrected chi connectivity index (χ2v) is 17.2. The number of aromatic nitrogens is 4. The van der Waals surface area contributed by atoms with Crippen molar-refractivity contribution in [3.05, 3.63) is 77.0 Å². The van der Waals surface area contributed by atoms with E-state index in [9.17, 15) is 9.59 Å². The van der Waals surface area contributed by atoms with E-state index in [2.05, 4.69) is 11.0 Å². The molecular formula is C45H51FN6O5. The van der Waals surface area contributed by atoms with E-state index < -0.39 is 11.5 Å². The standard InChI is InChI=1S/C45H51FN6O5/c1-6-28(24-53)42-48-40-33(43(49-42)50-22-31-18-30(50)23-51(31)44(54)57-45(3,4)5)19-32(29-15-16-29)39(41(40)56-25-27-12-8-7-9-13-27)38-26(2)35(46)20-36-34(38)21-47-52(36)37-14-10-11-17-55-37/h7-9,12-13,19-21,24,28-31,37H,6,10-11,14-18,22-23,25H2,1-5H3/t28?,30-,31-,37?/m0/s1. The van der Waals surface area contributed by atoms with Crippen LogP contribution in [0.3, 0.4) is 0 Å². The van der Waals surface area contributed by atoms with E-state index in [1.807, 2.05) is 80.7 Å². The molecule has 11 nitrogen and oxygen atoms in total. The average molecular weight is 775 g/mol. The molecule has 1 amide bonds. The minimum Gasteiger partial charge on any atom is -0.486 e. The van der Waals surface area contributed by atoms with Crippen LogP contribution in [0.25, 0.3) is 32.9 Å². The maximum absolute atomic E-state index is 16.4. The molecule has 4 aliphatic rings. The number of hydrogen-bond donors (Lipinski definition) is 0. The van der Waals surface area contributed by atoms with Crippen molar-refractivity contribution in [2.24, 2.45) is 0 Å². The summed E-state index contributed by atoms with van der Waals surface area (Å²) < 4.78 is 37.2. The molecule has 1 aliphatic carbocycles. The van der Waals surface area contributed by atoms with E-state index in [1.165, 1.54) is 0 Å². The molecule has 4 atom stereocenters. The minimum absolute atomic E-state index is 0.000415. The first-order valence-electron chi connectivity index (χ1n) is 20.6. The van der Waals surface area contributed by atoms with Gasteiger partial charge in [0.25, 0.3) is 0 Å². The number of hydrogen-bond acceptors (Lipinski definition) is 9. The molecule has 2 aromatic heterocycles. The van der Waals surface area contributed by atoms with Crippen molar-refractivity contribution in [3.8, 4) is 16.9 Å². The fourth-order valence-corrected chi connectivity index (χ4v) is 9.02. The number of carbonyl (C=O) groups excluding carboxylic acids is 2. The van der Waals surface area contributed by atoms with Crippen LogP contribution < -0.4 is 9.64 Å². The predicted molar refractivity (Wildman–Crippen MR) is 216 cm³/mol. The number of carbonyl (C=O) groups is 2. The lowest BCUT2D eigenvalue weighted by molar-refractivity contribution is -0.109. The first-order chi connectivity index (χ1) is 27.5. The van der Waals surface area contributed by atoms with Crippen LogP contribution in [0.15, 0.2) is 48.7 Å². The van der Waals surface area contributed by atoms with Crippen molar-refractivity contribution < 1.29 is 28.2 Å². The summed E-state index contributed by atoms with van der Waals surface area (Å²) >= 11 is 0. The maximum Gasteiger partial charge on any atom is 0.410 e. The summed E-state index contributed by atoms with van der Waals surface area (Å²) in [5.41, 5.74) is 4.74. The Kier molecular flexibility index (Phi) is 9.66. The zero-order valence-corrected chi connectivity index (χ0v) is 33.5. The summed E-state index contributed by atoms with van der Waals surface area (Å²) in [5, 5.41) is 6.47. The first-order valence-corrected chi connectivity index (χ1v) is 20.6. The number of fused-ring (bicyclic) bond motifs is 4. The third-order valence-electron chi connectivity index (χ3n) is 12.1. The van der Waals surface area contributed by atoms with Gasteiger partial charge in [0.2, 0.25) is 0 Å². The molecule has 12 heteroatoms. The van der Waals surface area contributed by atoms with Crippen LogP contribution in [0.2, 0.25) is 0 Å². The van der Waals surface area contributed by atoms with E-state index in [0.717, 1.165) is 83.7 Å². The number of ether oxygens (including phenoxy) is 3. The van der Waals surface area contributed by atoms with E-state index in [1.54, 1.807) is 6.07 Å². The third-order valence-corrected chi connectivity index (χ3v) is 12.1. The summed E-state index contributed by atoms with van der Waals surface area (Å²) in [6, 6.07) is 13.7. The normalized spacial score (nSPS) is 21.4. The van der Waals surface area contributed by atoms with Crippen LogP contribution in [-0.4, -0.2) is 74.4 Å². The maximum atomic E-state index is 16.4. The Balaban J connectivity index is 1.27. The SMILES string of the molecule is CCC(C=O)c1nc(N2C[C@@H]3C[C@H]2CN3C(=O)OC(C)(C)C)c2cc(C3CC3)c(-c3c(C)c(F)cc4c3cnn4C3CCCCO3)c(OCc3ccccc3)c2n1. The lowest BCUT2D eigenvalue weighted by atomic mass is 9.88. The Labute approximate surface area is 332 Å². The number of anilines is 1. The van der Waals surface area contributed by atoms with Crippen molar-refractivity contribution in [2.45, 2.75) is 122 Å². The van der Waals surface area contributed by atoms with Crippen molar-refractivity contribution in [1.29, 1.82) is 0 Å². The number of likely N-dealkylation sites (tertiary alicyclic amines) is 1. The smallest absolute Gasteiger partial charge is 0.410 e. The number of halogens is 1. The second-order valence-electron chi connectivity index (χ2n) is 17.2. The Morgan fingerprint density at radius 2 is 1.84 bits per heavy atom. The van der Waals surface area contributed by atoms with Crippen molar-refractivity contribution >= 4 is 40.0 Å². The number of amides is 1. The van der Waals surface area contributed by atoms with E-state index in [4.69, 9.17) is 29.3 Å². The van der Waals surface area contributed by atoms with Crippen molar-refractivity contribution in [3.63, 3.8) is 0 Å². The molecule has 0 spiro atoms. The molecule has 3 saturated heterocycles. The van der Waals surface area contributed by atoms with Crippen molar-refractivity contribution in [1.82, 2.24) is 24.6 Å². The van der Waals surface area contributed by atoms with Crippen molar-refractivity contribution in [2.75, 3.05) is 24.6 Å². The fraction of sp³-hybridized carbons (Fsp3) is 0.489. The Hall–Kier alpha value is -5.10. The largest absolute Gasteiger partial charge is 0.486 e. The van der Waals surface area contributed by atoms with Gasteiger partial charge in [0, 0.05) is 47.7 Å². The van der Waals surface area contributed by atoms with Crippen LogP contribution in [-0.2, 0) is 20.9 Å². The molecule has 1 saturated carbocycles. The molecule has 298 valence electrons. The highest BCUT2D eigenvalue weighted by Crippen LogP contribution is 2.54. The lowest BCUT2D eigenvalue weighted by Gasteiger charge is -2.36. The molecule has 3 aliphatic heterocycles. The van der Waals surface area contributed by atoms with Gasteiger partial charge in [0.1, 0.15) is 41.5 Å². The van der Waals surface area contributed by atoms with Gasteiger partial charge in [-0.1, -0.05) is 37.3 Å². The summed E-state index contributed by atoms with van der Waals surface area (Å²) in [6.07, 6.45) is 8.27. The Morgan fingerprint density at radius 3 is 2.51 bits per heavy atom. The summed E-state index contributed by atoms with van der Waals surface area (Å²) in [7, 11) is 0. The van der Waals surface area contributed by atoms with Gasteiger partial charge < -0.3 is 28.8 Å². The number of piperazine rings is 1. The van der Waals surface area contributed by atoms with E-state index in [0.29, 0.717) is 54.3 Å².